The molecule has 0 aromatic heterocycles. The van der Waals surface area contributed by atoms with Gasteiger partial charge < -0.3 is 10.4 Å². The molecule has 27 heavy (non-hydrogen) atoms. The molecule has 0 atom stereocenters. The van der Waals surface area contributed by atoms with Crippen LogP contribution in [0.15, 0.2) is 60.2 Å². The van der Waals surface area contributed by atoms with Crippen LogP contribution in [-0.2, 0) is 16.0 Å². The summed E-state index contributed by atoms with van der Waals surface area (Å²) in [4.78, 5) is 23.8. The number of hydrogen-bond donors (Lipinski definition) is 3. The summed E-state index contributed by atoms with van der Waals surface area (Å²) in [5.41, 5.74) is 5.27. The van der Waals surface area contributed by atoms with Crippen molar-refractivity contribution in [3.05, 3.63) is 71.8 Å². The monoisotopic (exact) mass is 365 g/mol. The molecule has 0 spiro atoms. The van der Waals surface area contributed by atoms with E-state index in [0.29, 0.717) is 12.0 Å². The van der Waals surface area contributed by atoms with Crippen LogP contribution in [0.25, 0.3) is 0 Å². The van der Waals surface area contributed by atoms with E-state index in [-0.39, 0.29) is 30.4 Å². The Morgan fingerprint density at radius 1 is 1.11 bits per heavy atom. The first-order valence-corrected chi connectivity index (χ1v) is 8.60. The number of phenols is 1. The van der Waals surface area contributed by atoms with Crippen LogP contribution in [0.4, 0.5) is 5.69 Å². The van der Waals surface area contributed by atoms with Crippen molar-refractivity contribution >= 4 is 23.7 Å². The molecule has 6 nitrogen and oxygen atoms in total. The van der Waals surface area contributed by atoms with Gasteiger partial charge in [0.25, 0.3) is 0 Å². The van der Waals surface area contributed by atoms with Crippen molar-refractivity contribution in [3.8, 4) is 5.75 Å². The fourth-order valence-corrected chi connectivity index (χ4v) is 2.42. The molecule has 6 heteroatoms. The van der Waals surface area contributed by atoms with Crippen molar-refractivity contribution in [1.82, 2.24) is 5.43 Å². The van der Waals surface area contributed by atoms with E-state index >= 15 is 0 Å². The lowest BCUT2D eigenvalue weighted by Crippen LogP contribution is -2.20. The molecular weight excluding hydrogens is 342 g/mol. The highest BCUT2D eigenvalue weighted by atomic mass is 16.3. The molecule has 0 heterocycles. The van der Waals surface area contributed by atoms with Gasteiger partial charge in [-0.2, -0.15) is 5.10 Å². The number of aromatic hydroxyl groups is 1. The number of nitrogens with one attached hydrogen (secondary N) is 2. The van der Waals surface area contributed by atoms with Crippen molar-refractivity contribution in [2.75, 3.05) is 5.32 Å². The third-order valence-electron chi connectivity index (χ3n) is 3.91. The summed E-state index contributed by atoms with van der Waals surface area (Å²) in [5.74, 6) is -0.515. The van der Waals surface area contributed by atoms with Gasteiger partial charge in [-0.15, -0.1) is 6.58 Å². The van der Waals surface area contributed by atoms with Crippen LogP contribution >= 0.6 is 0 Å². The fourth-order valence-electron chi connectivity index (χ4n) is 2.42. The predicted octanol–water partition coefficient (Wildman–Crippen LogP) is 3.30. The minimum atomic E-state index is -0.382. The number of carbonyl (C=O) groups excluding carboxylic acids is 2. The van der Waals surface area contributed by atoms with Gasteiger partial charge in [-0.1, -0.05) is 36.4 Å². The SMILES string of the molecule is C=CCc1cccc(/C=N\NC(=O)CCC(=O)Nc2ccccc2C)c1O. The number of allylic oxidation sites excluding steroid dienone is 1. The maximum atomic E-state index is 11.9. The second-order valence-corrected chi connectivity index (χ2v) is 6.00. The number of amides is 2. The number of anilines is 1. The first-order chi connectivity index (χ1) is 13.0. The normalized spacial score (nSPS) is 10.6. The first kappa shape index (κ1) is 19.9. The standard InChI is InChI=1S/C21H23N3O3/c1-3-7-16-9-6-10-17(21(16)27)14-22-24-20(26)13-12-19(25)23-18-11-5-4-8-15(18)2/h3-6,8-11,14,27H,1,7,12-13H2,2H3,(H,23,25)(H,24,26)/b22-14-. The molecule has 3 N–H and O–H groups in total. The Labute approximate surface area is 158 Å². The van der Waals surface area contributed by atoms with Gasteiger partial charge >= 0.3 is 0 Å². The Balaban J connectivity index is 1.82. The molecule has 0 aliphatic heterocycles. The summed E-state index contributed by atoms with van der Waals surface area (Å²) >= 11 is 0. The Bertz CT molecular complexity index is 860. The predicted molar refractivity (Wildman–Crippen MR) is 107 cm³/mol. The Hall–Kier alpha value is -3.41. The highest BCUT2D eigenvalue weighted by Gasteiger charge is 2.08. The maximum absolute atomic E-state index is 11.9. The quantitative estimate of drug-likeness (QED) is 0.381. The smallest absolute Gasteiger partial charge is 0.240 e. The molecule has 0 fully saturated rings. The van der Waals surface area contributed by atoms with E-state index in [0.717, 1.165) is 16.8 Å². The van der Waals surface area contributed by atoms with Crippen LogP contribution in [0.1, 0.15) is 29.5 Å². The third kappa shape index (κ3) is 6.11. The van der Waals surface area contributed by atoms with Crippen molar-refractivity contribution in [2.24, 2.45) is 5.10 Å². The highest BCUT2D eigenvalue weighted by Crippen LogP contribution is 2.21. The number of phenolic OH excluding ortho intramolecular Hbond substituents is 1. The Kier molecular flexibility index (Phi) is 7.31. The second-order valence-electron chi connectivity index (χ2n) is 6.00. The molecule has 2 aromatic rings. The number of rotatable bonds is 8. The zero-order chi connectivity index (χ0) is 19.6. The number of benzene rings is 2. The lowest BCUT2D eigenvalue weighted by atomic mass is 10.1. The first-order valence-electron chi connectivity index (χ1n) is 8.60. The summed E-state index contributed by atoms with van der Waals surface area (Å²) < 4.78 is 0. The van der Waals surface area contributed by atoms with Crippen molar-refractivity contribution in [2.45, 2.75) is 26.2 Å². The molecule has 0 unspecified atom stereocenters. The van der Waals surface area contributed by atoms with E-state index in [2.05, 4.69) is 22.4 Å². The zero-order valence-corrected chi connectivity index (χ0v) is 15.2. The van der Waals surface area contributed by atoms with Crippen LogP contribution in [0.2, 0.25) is 0 Å². The highest BCUT2D eigenvalue weighted by molar-refractivity contribution is 5.94. The molecule has 0 saturated heterocycles. The minimum absolute atomic E-state index is 0.0114. The van der Waals surface area contributed by atoms with E-state index in [9.17, 15) is 14.7 Å². The Morgan fingerprint density at radius 2 is 1.85 bits per heavy atom. The van der Waals surface area contributed by atoms with E-state index in [1.807, 2.05) is 31.2 Å². The topological polar surface area (TPSA) is 90.8 Å². The van der Waals surface area contributed by atoms with Crippen LogP contribution in [-0.4, -0.2) is 23.1 Å². The van der Waals surface area contributed by atoms with Gasteiger partial charge in [0.1, 0.15) is 5.75 Å². The molecular formula is C21H23N3O3. The molecule has 2 rings (SSSR count). The van der Waals surface area contributed by atoms with Crippen molar-refractivity contribution in [1.29, 1.82) is 0 Å². The number of nitrogens with zero attached hydrogens (tertiary/aromatic N) is 1. The van der Waals surface area contributed by atoms with Gasteiger partial charge in [0.15, 0.2) is 0 Å². The summed E-state index contributed by atoms with van der Waals surface area (Å²) in [6.45, 7) is 5.54. The molecule has 0 aliphatic rings. The average molecular weight is 365 g/mol. The van der Waals surface area contributed by atoms with Crippen LogP contribution < -0.4 is 10.7 Å². The van der Waals surface area contributed by atoms with E-state index in [1.54, 1.807) is 24.3 Å². The number of carbonyl (C=O) groups is 2. The summed E-state index contributed by atoms with van der Waals surface area (Å²) in [6.07, 6.45) is 3.66. The van der Waals surface area contributed by atoms with E-state index in [4.69, 9.17) is 0 Å². The largest absolute Gasteiger partial charge is 0.507 e. The molecule has 2 aromatic carbocycles. The molecule has 0 saturated carbocycles. The molecule has 2 amide bonds. The van der Waals surface area contributed by atoms with E-state index < -0.39 is 0 Å². The maximum Gasteiger partial charge on any atom is 0.240 e. The van der Waals surface area contributed by atoms with Crippen LogP contribution in [0.5, 0.6) is 5.75 Å². The zero-order valence-electron chi connectivity index (χ0n) is 15.2. The molecule has 0 radical (unpaired) electrons. The van der Waals surface area contributed by atoms with Gasteiger partial charge in [0, 0.05) is 24.1 Å². The second kappa shape index (κ2) is 9.91. The number of hydrogen-bond acceptors (Lipinski definition) is 4. The third-order valence-corrected chi connectivity index (χ3v) is 3.91. The van der Waals surface area contributed by atoms with Gasteiger partial charge in [-0.25, -0.2) is 5.43 Å². The summed E-state index contributed by atoms with van der Waals surface area (Å²) in [7, 11) is 0. The number of aryl methyl sites for hydroxylation is 1. The molecule has 0 bridgehead atoms. The van der Waals surface area contributed by atoms with Crippen LogP contribution in [0.3, 0.4) is 0 Å². The fraction of sp³-hybridized carbons (Fsp3) is 0.190. The number of hydrazone groups is 1. The minimum Gasteiger partial charge on any atom is -0.507 e. The lowest BCUT2D eigenvalue weighted by Gasteiger charge is -2.07. The lowest BCUT2D eigenvalue weighted by molar-refractivity contribution is -0.124. The van der Waals surface area contributed by atoms with Gasteiger partial charge in [0.05, 0.1) is 6.21 Å². The van der Waals surface area contributed by atoms with E-state index in [1.165, 1.54) is 6.21 Å². The average Bonchev–Trinajstić information content (AvgIpc) is 2.65. The van der Waals surface area contributed by atoms with Crippen molar-refractivity contribution in [3.63, 3.8) is 0 Å². The number of para-hydroxylation sites is 2. The summed E-state index contributed by atoms with van der Waals surface area (Å²) in [5, 5.41) is 16.7. The van der Waals surface area contributed by atoms with Crippen molar-refractivity contribution < 1.29 is 14.7 Å². The van der Waals surface area contributed by atoms with Crippen LogP contribution in [0, 0.1) is 6.92 Å². The van der Waals surface area contributed by atoms with Gasteiger partial charge in [-0.3, -0.25) is 9.59 Å². The Morgan fingerprint density at radius 3 is 2.59 bits per heavy atom. The van der Waals surface area contributed by atoms with Gasteiger partial charge in [-0.05, 0) is 36.6 Å². The van der Waals surface area contributed by atoms with Gasteiger partial charge in [0.2, 0.25) is 11.8 Å². The molecule has 0 aliphatic carbocycles. The molecule has 140 valence electrons. The summed E-state index contributed by atoms with van der Waals surface area (Å²) in [6, 6.07) is 12.7.